The Balaban J connectivity index is 2.52. The fraction of sp³-hybridized carbons (Fsp3) is 0.0909. The van der Waals surface area contributed by atoms with E-state index >= 15 is 0 Å². The summed E-state index contributed by atoms with van der Waals surface area (Å²) < 4.78 is 11.3. The molecule has 0 fully saturated rings. The van der Waals surface area contributed by atoms with E-state index in [-0.39, 0.29) is 11.1 Å². The fourth-order valence-electron chi connectivity index (χ4n) is 1.84. The summed E-state index contributed by atoms with van der Waals surface area (Å²) in [5.74, 6) is -3.07. The zero-order valence-electron chi connectivity index (χ0n) is 9.18. The van der Waals surface area contributed by atoms with Crippen molar-refractivity contribution in [2.45, 2.75) is 5.78 Å². The van der Waals surface area contributed by atoms with Crippen LogP contribution < -0.4 is 0 Å². The number of hydrogen-bond donors (Lipinski definition) is 2. The van der Waals surface area contributed by atoms with Crippen molar-refractivity contribution in [2.75, 3.05) is 0 Å². The van der Waals surface area contributed by atoms with Crippen LogP contribution in [0.3, 0.4) is 0 Å². The van der Waals surface area contributed by atoms with Crippen LogP contribution in [-0.2, 0) is 4.57 Å². The second-order valence-corrected chi connectivity index (χ2v) is 5.47. The second-order valence-electron chi connectivity index (χ2n) is 3.76. The first-order valence-corrected chi connectivity index (χ1v) is 6.70. The first-order valence-electron chi connectivity index (χ1n) is 5.02. The van der Waals surface area contributed by atoms with Gasteiger partial charge in [-0.3, -0.25) is 19.1 Å². The molecule has 0 saturated heterocycles. The maximum Gasteiger partial charge on any atom is 0.352 e. The topological polar surface area (TPSA) is 94.9 Å². The van der Waals surface area contributed by atoms with Crippen LogP contribution in [0.5, 0.6) is 0 Å². The molecule has 1 aliphatic heterocycles. The van der Waals surface area contributed by atoms with E-state index < -0.39 is 25.2 Å². The van der Waals surface area contributed by atoms with Crippen LogP contribution in [0.15, 0.2) is 36.9 Å². The first-order chi connectivity index (χ1) is 8.38. The normalized spacial score (nSPS) is 16.7. The van der Waals surface area contributed by atoms with Crippen molar-refractivity contribution >= 4 is 19.4 Å². The Kier molecular flexibility index (Phi) is 2.94. The fourth-order valence-corrected chi connectivity index (χ4v) is 2.63. The van der Waals surface area contributed by atoms with Gasteiger partial charge in [-0.2, -0.15) is 0 Å². The summed E-state index contributed by atoms with van der Waals surface area (Å²) in [6, 6.07) is 6.03. The molecule has 1 unspecified atom stereocenters. The molecule has 0 spiro atoms. The monoisotopic (exact) mass is 267 g/mol. The van der Waals surface area contributed by atoms with E-state index in [0.29, 0.717) is 4.90 Å². The van der Waals surface area contributed by atoms with Gasteiger partial charge in [-0.05, 0) is 12.1 Å². The predicted molar refractivity (Wildman–Crippen MR) is 63.0 cm³/mol. The maximum absolute atomic E-state index is 12.0. The minimum atomic E-state index is -4.66. The van der Waals surface area contributed by atoms with Crippen molar-refractivity contribution in [1.82, 2.24) is 4.90 Å². The Morgan fingerprint density at radius 1 is 1.17 bits per heavy atom. The predicted octanol–water partition coefficient (Wildman–Crippen LogP) is 0.972. The quantitative estimate of drug-likeness (QED) is 0.483. The number of carbonyl (C=O) groups excluding carboxylic acids is 2. The number of benzene rings is 1. The highest BCUT2D eigenvalue weighted by molar-refractivity contribution is 7.52. The molecule has 2 rings (SSSR count). The molecule has 7 heteroatoms. The molecule has 0 aliphatic carbocycles. The van der Waals surface area contributed by atoms with Crippen LogP contribution >= 0.6 is 7.60 Å². The molecule has 6 nitrogen and oxygen atoms in total. The SMILES string of the molecule is C=CC(N1C(=O)c2ccccc2C1=O)P(=O)(O)O. The molecule has 0 saturated carbocycles. The smallest absolute Gasteiger partial charge is 0.323 e. The molecule has 0 radical (unpaired) electrons. The van der Waals surface area contributed by atoms with Gasteiger partial charge in [0.25, 0.3) is 11.8 Å². The summed E-state index contributed by atoms with van der Waals surface area (Å²) in [6.45, 7) is 3.27. The number of amides is 2. The molecular weight excluding hydrogens is 257 g/mol. The van der Waals surface area contributed by atoms with Gasteiger partial charge in [0, 0.05) is 0 Å². The highest BCUT2D eigenvalue weighted by atomic mass is 31.2. The molecule has 1 atom stereocenters. The van der Waals surface area contributed by atoms with Gasteiger partial charge in [-0.1, -0.05) is 18.2 Å². The molecule has 1 aliphatic rings. The van der Waals surface area contributed by atoms with E-state index in [2.05, 4.69) is 6.58 Å². The van der Waals surface area contributed by atoms with Crippen LogP contribution in [0.4, 0.5) is 0 Å². The molecule has 2 N–H and O–H groups in total. The average Bonchev–Trinajstić information content (AvgIpc) is 2.54. The molecule has 94 valence electrons. The van der Waals surface area contributed by atoms with E-state index in [1.807, 2.05) is 0 Å². The Labute approximate surface area is 103 Å². The van der Waals surface area contributed by atoms with Crippen molar-refractivity contribution in [3.8, 4) is 0 Å². The zero-order valence-corrected chi connectivity index (χ0v) is 10.1. The maximum atomic E-state index is 12.0. The van der Waals surface area contributed by atoms with Crippen LogP contribution in [-0.4, -0.2) is 32.3 Å². The average molecular weight is 267 g/mol. The van der Waals surface area contributed by atoms with Crippen molar-refractivity contribution in [3.63, 3.8) is 0 Å². The van der Waals surface area contributed by atoms with Gasteiger partial charge in [-0.25, -0.2) is 0 Å². The molecule has 1 aromatic rings. The Morgan fingerprint density at radius 3 is 1.94 bits per heavy atom. The molecule has 18 heavy (non-hydrogen) atoms. The lowest BCUT2D eigenvalue weighted by Gasteiger charge is -2.23. The van der Waals surface area contributed by atoms with Crippen molar-refractivity contribution in [3.05, 3.63) is 48.0 Å². The van der Waals surface area contributed by atoms with Gasteiger partial charge in [0.2, 0.25) is 0 Å². The minimum Gasteiger partial charge on any atom is -0.323 e. The van der Waals surface area contributed by atoms with Gasteiger partial charge in [-0.15, -0.1) is 6.58 Å². The number of hydrogen-bond acceptors (Lipinski definition) is 3. The summed E-state index contributed by atoms with van der Waals surface area (Å²) in [4.78, 5) is 42.8. The first kappa shape index (κ1) is 12.7. The summed E-state index contributed by atoms with van der Waals surface area (Å²) >= 11 is 0. The Bertz CT molecular complexity index is 556. The summed E-state index contributed by atoms with van der Waals surface area (Å²) in [7, 11) is -4.66. The second kappa shape index (κ2) is 4.17. The molecule has 2 amide bonds. The van der Waals surface area contributed by atoms with Crippen LogP contribution in [0.2, 0.25) is 0 Å². The van der Waals surface area contributed by atoms with Crippen molar-refractivity contribution < 1.29 is 23.9 Å². The zero-order chi connectivity index (χ0) is 13.5. The summed E-state index contributed by atoms with van der Waals surface area (Å²) in [6.07, 6.45) is 0.905. The molecule has 0 aromatic heterocycles. The van der Waals surface area contributed by atoms with Crippen molar-refractivity contribution in [2.24, 2.45) is 0 Å². The molecular formula is C11H10NO5P. The van der Waals surface area contributed by atoms with E-state index in [0.717, 1.165) is 6.08 Å². The Hall–Kier alpha value is -1.75. The highest BCUT2D eigenvalue weighted by Gasteiger charge is 2.45. The number of imide groups is 1. The van der Waals surface area contributed by atoms with Gasteiger partial charge in [0.15, 0.2) is 5.78 Å². The standard InChI is InChI=1S/C11H10NO5P/c1-2-9(18(15,16)17)12-10(13)7-5-3-4-6-8(7)11(12)14/h2-6,9H,1H2,(H2,15,16,17). The van der Waals surface area contributed by atoms with Gasteiger partial charge in [0.05, 0.1) is 11.1 Å². The van der Waals surface area contributed by atoms with E-state index in [9.17, 15) is 14.2 Å². The lowest BCUT2D eigenvalue weighted by Crippen LogP contribution is -2.38. The van der Waals surface area contributed by atoms with E-state index in [1.54, 1.807) is 12.1 Å². The number of fused-ring (bicyclic) bond motifs is 1. The highest BCUT2D eigenvalue weighted by Crippen LogP contribution is 2.45. The molecule has 1 aromatic carbocycles. The van der Waals surface area contributed by atoms with Gasteiger partial charge >= 0.3 is 7.60 Å². The van der Waals surface area contributed by atoms with Crippen molar-refractivity contribution in [1.29, 1.82) is 0 Å². The third kappa shape index (κ3) is 1.80. The Morgan fingerprint density at radius 2 is 1.61 bits per heavy atom. The summed E-state index contributed by atoms with van der Waals surface area (Å²) in [5.41, 5.74) is 0.283. The van der Waals surface area contributed by atoms with E-state index in [1.165, 1.54) is 12.1 Å². The third-order valence-corrected chi connectivity index (χ3v) is 3.78. The minimum absolute atomic E-state index is 0.141. The van der Waals surface area contributed by atoms with Gasteiger partial charge < -0.3 is 9.79 Å². The number of rotatable bonds is 3. The largest absolute Gasteiger partial charge is 0.352 e. The van der Waals surface area contributed by atoms with Crippen LogP contribution in [0.1, 0.15) is 20.7 Å². The van der Waals surface area contributed by atoms with Crippen LogP contribution in [0, 0.1) is 0 Å². The molecule has 1 heterocycles. The summed E-state index contributed by atoms with van der Waals surface area (Å²) in [5, 5.41) is 0. The van der Waals surface area contributed by atoms with E-state index in [4.69, 9.17) is 9.79 Å². The lowest BCUT2D eigenvalue weighted by atomic mass is 10.1. The van der Waals surface area contributed by atoms with Gasteiger partial charge in [0.1, 0.15) is 0 Å². The number of carbonyl (C=O) groups is 2. The van der Waals surface area contributed by atoms with Crippen LogP contribution in [0.25, 0.3) is 0 Å². The third-order valence-electron chi connectivity index (χ3n) is 2.65. The number of nitrogens with zero attached hydrogens (tertiary/aromatic N) is 1. The molecule has 0 bridgehead atoms. The lowest BCUT2D eigenvalue weighted by molar-refractivity contribution is 0.0638.